The van der Waals surface area contributed by atoms with Crippen molar-refractivity contribution in [3.63, 3.8) is 0 Å². The van der Waals surface area contributed by atoms with Crippen molar-refractivity contribution in [3.05, 3.63) is 108 Å². The predicted molar refractivity (Wildman–Crippen MR) is 143 cm³/mol. The molecule has 0 aliphatic carbocycles. The summed E-state index contributed by atoms with van der Waals surface area (Å²) in [5.74, 6) is 1.97. The number of nitrogens with zero attached hydrogens (tertiary/aromatic N) is 3. The number of carbonyl (C=O) groups is 1. The molecule has 2 aromatic heterocycles. The van der Waals surface area contributed by atoms with Gasteiger partial charge in [-0.05, 0) is 41.0 Å². The maximum atomic E-state index is 13.0. The topological polar surface area (TPSA) is 70.3 Å². The van der Waals surface area contributed by atoms with E-state index in [1.807, 2.05) is 54.2 Å². The maximum absolute atomic E-state index is 13.0. The maximum Gasteiger partial charge on any atom is 0.225 e. The summed E-state index contributed by atoms with van der Waals surface area (Å²) in [5.41, 5.74) is 5.32. The van der Waals surface area contributed by atoms with Crippen molar-refractivity contribution in [1.29, 1.82) is 0 Å². The molecule has 0 saturated carbocycles. The molecule has 1 aliphatic heterocycles. The minimum absolute atomic E-state index is 0.00242. The van der Waals surface area contributed by atoms with Crippen LogP contribution >= 0.6 is 0 Å². The van der Waals surface area contributed by atoms with E-state index >= 15 is 0 Å². The minimum atomic E-state index is -0.124. The van der Waals surface area contributed by atoms with Gasteiger partial charge in [0, 0.05) is 49.9 Å². The van der Waals surface area contributed by atoms with E-state index in [0.717, 1.165) is 40.1 Å². The standard InChI is InChI=1S/C30H28N4O3/c1-33-14-13-31-28(33)19-37-26-12-11-21(15-27(26)36-2)22-16-29(35)32-24-9-6-10-25-30(24)23(22)18-34(25)17-20-7-4-3-5-8-20/h3-15,18,22H,16-17,19H2,1-2H3,(H,32,35)/t22-/m0/s1. The van der Waals surface area contributed by atoms with Gasteiger partial charge in [0.25, 0.3) is 0 Å². The molecule has 7 heteroatoms. The summed E-state index contributed by atoms with van der Waals surface area (Å²) in [6.45, 7) is 1.09. The lowest BCUT2D eigenvalue weighted by atomic mass is 9.88. The highest BCUT2D eigenvalue weighted by molar-refractivity contribution is 6.06. The van der Waals surface area contributed by atoms with Gasteiger partial charge in [-0.2, -0.15) is 0 Å². The van der Waals surface area contributed by atoms with Crippen LogP contribution in [0.2, 0.25) is 0 Å². The van der Waals surface area contributed by atoms with E-state index in [1.54, 1.807) is 13.3 Å². The second kappa shape index (κ2) is 9.50. The molecule has 7 nitrogen and oxygen atoms in total. The van der Waals surface area contributed by atoms with Crippen molar-refractivity contribution in [2.75, 3.05) is 12.4 Å². The molecule has 1 aliphatic rings. The third kappa shape index (κ3) is 4.33. The fourth-order valence-electron chi connectivity index (χ4n) is 5.16. The molecule has 1 amide bonds. The van der Waals surface area contributed by atoms with E-state index in [4.69, 9.17) is 9.47 Å². The summed E-state index contributed by atoms with van der Waals surface area (Å²) >= 11 is 0. The van der Waals surface area contributed by atoms with E-state index in [0.29, 0.717) is 24.5 Å². The summed E-state index contributed by atoms with van der Waals surface area (Å²) < 4.78 is 15.9. The average molecular weight is 493 g/mol. The highest BCUT2D eigenvalue weighted by atomic mass is 16.5. The number of ether oxygens (including phenoxy) is 2. The van der Waals surface area contributed by atoms with Gasteiger partial charge < -0.3 is 23.9 Å². The second-order valence-corrected chi connectivity index (χ2v) is 9.36. The van der Waals surface area contributed by atoms with Crippen LogP contribution < -0.4 is 14.8 Å². The Balaban J connectivity index is 1.39. The SMILES string of the molecule is COc1cc([C@@H]2CC(=O)Nc3cccc4c3c2cn4Cc2ccccc2)ccc1OCc1nccn1C. The van der Waals surface area contributed by atoms with Crippen LogP contribution in [0.4, 0.5) is 5.69 Å². The smallest absolute Gasteiger partial charge is 0.225 e. The first-order valence-electron chi connectivity index (χ1n) is 12.3. The van der Waals surface area contributed by atoms with Gasteiger partial charge in [-0.1, -0.05) is 42.5 Å². The van der Waals surface area contributed by atoms with E-state index < -0.39 is 0 Å². The lowest BCUT2D eigenvalue weighted by Crippen LogP contribution is -2.14. The number of amides is 1. The number of hydrogen-bond acceptors (Lipinski definition) is 4. The number of anilines is 1. The molecule has 0 spiro atoms. The third-order valence-electron chi connectivity index (χ3n) is 7.04. The molecule has 0 radical (unpaired) electrons. The average Bonchev–Trinajstić information content (AvgIpc) is 3.46. The number of hydrogen-bond donors (Lipinski definition) is 1. The van der Waals surface area contributed by atoms with Crippen molar-refractivity contribution < 1.29 is 14.3 Å². The van der Waals surface area contributed by atoms with Crippen LogP contribution in [0.5, 0.6) is 11.5 Å². The molecule has 0 bridgehead atoms. The van der Waals surface area contributed by atoms with Crippen LogP contribution in [-0.2, 0) is 25.0 Å². The number of carbonyl (C=O) groups excluding carboxylic acids is 1. The molecule has 0 saturated heterocycles. The fourth-order valence-corrected chi connectivity index (χ4v) is 5.16. The molecule has 5 aromatic rings. The number of rotatable bonds is 7. The minimum Gasteiger partial charge on any atom is -0.493 e. The van der Waals surface area contributed by atoms with Gasteiger partial charge in [-0.25, -0.2) is 4.98 Å². The van der Waals surface area contributed by atoms with Crippen LogP contribution in [0.25, 0.3) is 10.9 Å². The molecule has 1 N–H and O–H groups in total. The molecule has 0 fully saturated rings. The summed E-state index contributed by atoms with van der Waals surface area (Å²) in [6, 6.07) is 22.5. The zero-order chi connectivity index (χ0) is 25.4. The normalized spacial score (nSPS) is 14.9. The number of benzene rings is 3. The van der Waals surface area contributed by atoms with Crippen molar-refractivity contribution in [3.8, 4) is 11.5 Å². The van der Waals surface area contributed by atoms with Gasteiger partial charge in [0.15, 0.2) is 11.5 Å². The van der Waals surface area contributed by atoms with Gasteiger partial charge in [-0.15, -0.1) is 0 Å². The van der Waals surface area contributed by atoms with E-state index in [-0.39, 0.29) is 11.8 Å². The summed E-state index contributed by atoms with van der Waals surface area (Å²) in [5, 5.41) is 4.21. The summed E-state index contributed by atoms with van der Waals surface area (Å²) in [6.07, 6.45) is 6.18. The largest absolute Gasteiger partial charge is 0.493 e. The first-order chi connectivity index (χ1) is 18.1. The Labute approximate surface area is 215 Å². The number of imidazole rings is 1. The lowest BCUT2D eigenvalue weighted by molar-refractivity contribution is -0.116. The Morgan fingerprint density at radius 3 is 2.70 bits per heavy atom. The predicted octanol–water partition coefficient (Wildman–Crippen LogP) is 5.48. The first-order valence-corrected chi connectivity index (χ1v) is 12.3. The van der Waals surface area contributed by atoms with Crippen LogP contribution in [0.15, 0.2) is 85.3 Å². The van der Waals surface area contributed by atoms with Crippen molar-refractivity contribution in [1.82, 2.24) is 14.1 Å². The summed E-state index contributed by atoms with van der Waals surface area (Å²) in [4.78, 5) is 17.3. The van der Waals surface area contributed by atoms with E-state index in [9.17, 15) is 4.79 Å². The highest BCUT2D eigenvalue weighted by Crippen LogP contribution is 2.43. The van der Waals surface area contributed by atoms with Gasteiger partial charge >= 0.3 is 0 Å². The molecular formula is C30H28N4O3. The Morgan fingerprint density at radius 1 is 1.05 bits per heavy atom. The molecule has 1 atom stereocenters. The van der Waals surface area contributed by atoms with Crippen LogP contribution in [0.3, 0.4) is 0 Å². The zero-order valence-corrected chi connectivity index (χ0v) is 20.8. The number of methoxy groups -OCH3 is 1. The molecule has 6 rings (SSSR count). The molecule has 3 aromatic carbocycles. The zero-order valence-electron chi connectivity index (χ0n) is 20.8. The highest BCUT2D eigenvalue weighted by Gasteiger charge is 2.28. The Hall–Kier alpha value is -4.52. The van der Waals surface area contributed by atoms with Crippen LogP contribution in [0.1, 0.15) is 34.9 Å². The van der Waals surface area contributed by atoms with Crippen molar-refractivity contribution in [2.24, 2.45) is 7.05 Å². The van der Waals surface area contributed by atoms with E-state index in [1.165, 1.54) is 5.56 Å². The Bertz CT molecular complexity index is 1590. The molecule has 3 heterocycles. The molecule has 0 unspecified atom stereocenters. The number of aromatic nitrogens is 3. The fraction of sp³-hybridized carbons (Fsp3) is 0.200. The first kappa shape index (κ1) is 22.9. The molecule has 37 heavy (non-hydrogen) atoms. The van der Waals surface area contributed by atoms with Gasteiger partial charge in [-0.3, -0.25) is 4.79 Å². The van der Waals surface area contributed by atoms with Crippen molar-refractivity contribution in [2.45, 2.75) is 25.5 Å². The Kier molecular flexibility index (Phi) is 5.88. The van der Waals surface area contributed by atoms with Gasteiger partial charge in [0.05, 0.1) is 18.3 Å². The lowest BCUT2D eigenvalue weighted by Gasteiger charge is -2.17. The van der Waals surface area contributed by atoms with Gasteiger partial charge in [0.2, 0.25) is 5.91 Å². The summed E-state index contributed by atoms with van der Waals surface area (Å²) in [7, 11) is 3.57. The molecule has 186 valence electrons. The van der Waals surface area contributed by atoms with Crippen molar-refractivity contribution >= 4 is 22.5 Å². The Morgan fingerprint density at radius 2 is 1.92 bits per heavy atom. The number of nitrogens with one attached hydrogen (secondary N) is 1. The van der Waals surface area contributed by atoms with E-state index in [2.05, 4.69) is 51.4 Å². The quantitative estimate of drug-likeness (QED) is 0.326. The van der Waals surface area contributed by atoms with Crippen LogP contribution in [-0.4, -0.2) is 27.1 Å². The monoisotopic (exact) mass is 492 g/mol. The molecular weight excluding hydrogens is 464 g/mol. The second-order valence-electron chi connectivity index (χ2n) is 9.36. The third-order valence-corrected chi connectivity index (χ3v) is 7.04. The van der Waals surface area contributed by atoms with Crippen LogP contribution in [0, 0.1) is 0 Å². The number of aryl methyl sites for hydroxylation is 1. The van der Waals surface area contributed by atoms with Gasteiger partial charge in [0.1, 0.15) is 12.4 Å².